The Hall–Kier alpha value is -2.29. The molecule has 0 fully saturated rings. The number of carbonyl (C=O) groups excluding carboxylic acids is 1. The van der Waals surface area contributed by atoms with E-state index in [0.29, 0.717) is 24.6 Å². The summed E-state index contributed by atoms with van der Waals surface area (Å²) in [5.74, 6) is 0.325. The number of aromatic hydroxyl groups is 1. The van der Waals surface area contributed by atoms with E-state index in [1.807, 2.05) is 31.2 Å². The average Bonchev–Trinajstić information content (AvgIpc) is 2.93. The van der Waals surface area contributed by atoms with Crippen molar-refractivity contribution in [1.82, 2.24) is 4.90 Å². The van der Waals surface area contributed by atoms with Gasteiger partial charge in [0.2, 0.25) is 0 Å². The van der Waals surface area contributed by atoms with Gasteiger partial charge >= 0.3 is 0 Å². The van der Waals surface area contributed by atoms with E-state index in [4.69, 9.17) is 0 Å². The zero-order valence-electron chi connectivity index (χ0n) is 13.3. The van der Waals surface area contributed by atoms with Gasteiger partial charge < -0.3 is 10.0 Å². The number of rotatable bonds is 2. The second kappa shape index (κ2) is 5.48. The molecule has 0 saturated heterocycles. The number of hydrogen-bond acceptors (Lipinski definition) is 2. The van der Waals surface area contributed by atoms with Crippen molar-refractivity contribution in [3.63, 3.8) is 0 Å². The smallest absolute Gasteiger partial charge is 0.258 e. The highest BCUT2D eigenvalue weighted by Gasteiger charge is 2.26. The van der Waals surface area contributed by atoms with Gasteiger partial charge in [0, 0.05) is 13.1 Å². The summed E-state index contributed by atoms with van der Waals surface area (Å²) in [5, 5.41) is 10.3. The predicted octanol–water partition coefficient (Wildman–Crippen LogP) is 3.98. The molecule has 3 heteroatoms. The molecule has 22 heavy (non-hydrogen) atoms. The summed E-state index contributed by atoms with van der Waals surface area (Å²) in [6.07, 6.45) is 0. The third-order valence-corrected chi connectivity index (χ3v) is 4.35. The topological polar surface area (TPSA) is 40.5 Å². The van der Waals surface area contributed by atoms with Crippen molar-refractivity contribution < 1.29 is 9.90 Å². The first-order chi connectivity index (χ1) is 10.5. The van der Waals surface area contributed by atoms with Crippen LogP contribution in [0.5, 0.6) is 5.75 Å². The molecule has 1 heterocycles. The standard InChI is InChI=1S/C19H21NO2/c1-12(2)16-8-13(3)18(21)17(9-16)19(22)20-10-14-6-4-5-7-15(14)11-20/h4-9,12,21H,10-11H2,1-3H3. The lowest BCUT2D eigenvalue weighted by molar-refractivity contribution is 0.0748. The molecule has 0 radical (unpaired) electrons. The number of hydrogen-bond donors (Lipinski definition) is 1. The minimum Gasteiger partial charge on any atom is -0.507 e. The Balaban J connectivity index is 1.94. The highest BCUT2D eigenvalue weighted by atomic mass is 16.3. The second-order valence-corrected chi connectivity index (χ2v) is 6.32. The average molecular weight is 295 g/mol. The van der Waals surface area contributed by atoms with Crippen molar-refractivity contribution >= 4 is 5.91 Å². The first-order valence-corrected chi connectivity index (χ1v) is 7.67. The molecular weight excluding hydrogens is 274 g/mol. The molecule has 1 aliphatic heterocycles. The van der Waals surface area contributed by atoms with Crippen LogP contribution >= 0.6 is 0 Å². The molecule has 3 nitrogen and oxygen atoms in total. The van der Waals surface area contributed by atoms with Gasteiger partial charge in [0.15, 0.2) is 0 Å². The maximum absolute atomic E-state index is 12.8. The predicted molar refractivity (Wildman–Crippen MR) is 87.0 cm³/mol. The maximum atomic E-state index is 12.8. The number of aryl methyl sites for hydroxylation is 1. The molecule has 114 valence electrons. The van der Waals surface area contributed by atoms with E-state index < -0.39 is 0 Å². The number of nitrogens with zero attached hydrogens (tertiary/aromatic N) is 1. The van der Waals surface area contributed by atoms with Gasteiger partial charge in [-0.25, -0.2) is 0 Å². The summed E-state index contributed by atoms with van der Waals surface area (Å²) >= 11 is 0. The summed E-state index contributed by atoms with van der Waals surface area (Å²) in [7, 11) is 0. The lowest BCUT2D eigenvalue weighted by atomic mass is 9.96. The van der Waals surface area contributed by atoms with E-state index in [9.17, 15) is 9.90 Å². The fourth-order valence-electron chi connectivity index (χ4n) is 2.95. The van der Waals surface area contributed by atoms with Crippen molar-refractivity contribution in [2.75, 3.05) is 0 Å². The third kappa shape index (κ3) is 2.47. The molecule has 2 aromatic rings. The monoisotopic (exact) mass is 295 g/mol. The van der Waals surface area contributed by atoms with E-state index in [1.54, 1.807) is 4.90 Å². The van der Waals surface area contributed by atoms with Gasteiger partial charge in [-0.15, -0.1) is 0 Å². The Kier molecular flexibility index (Phi) is 3.65. The fraction of sp³-hybridized carbons (Fsp3) is 0.316. The molecule has 3 rings (SSSR count). The Morgan fingerprint density at radius 3 is 2.27 bits per heavy atom. The van der Waals surface area contributed by atoms with Gasteiger partial charge in [-0.05, 0) is 41.2 Å². The molecule has 1 amide bonds. The molecule has 2 aromatic carbocycles. The maximum Gasteiger partial charge on any atom is 0.258 e. The van der Waals surface area contributed by atoms with Crippen LogP contribution in [0.3, 0.4) is 0 Å². The summed E-state index contributed by atoms with van der Waals surface area (Å²) in [6.45, 7) is 7.24. The number of amides is 1. The molecule has 0 atom stereocenters. The summed E-state index contributed by atoms with van der Waals surface area (Å²) in [5.41, 5.74) is 4.62. The van der Waals surface area contributed by atoms with Gasteiger partial charge in [-0.3, -0.25) is 4.79 Å². The number of fused-ring (bicyclic) bond motifs is 1. The number of phenolic OH excluding ortho intramolecular Hbond substituents is 1. The first-order valence-electron chi connectivity index (χ1n) is 7.67. The van der Waals surface area contributed by atoms with Crippen LogP contribution in [-0.2, 0) is 13.1 Å². The van der Waals surface area contributed by atoms with Gasteiger partial charge in [-0.2, -0.15) is 0 Å². The number of phenols is 1. The minimum atomic E-state index is -0.0979. The van der Waals surface area contributed by atoms with Crippen LogP contribution in [0.15, 0.2) is 36.4 Å². The van der Waals surface area contributed by atoms with Crippen LogP contribution in [0, 0.1) is 6.92 Å². The van der Waals surface area contributed by atoms with Crippen LogP contribution in [0.1, 0.15) is 52.4 Å². The SMILES string of the molecule is Cc1cc(C(C)C)cc(C(=O)N2Cc3ccccc3C2)c1O. The van der Waals surface area contributed by atoms with Crippen molar-refractivity contribution in [3.05, 3.63) is 64.2 Å². The molecule has 1 aliphatic rings. The Bertz CT molecular complexity index is 709. The van der Waals surface area contributed by atoms with E-state index in [2.05, 4.69) is 26.0 Å². The first kappa shape index (κ1) is 14.6. The molecule has 1 N–H and O–H groups in total. The van der Waals surface area contributed by atoms with Crippen molar-refractivity contribution in [2.45, 2.75) is 39.8 Å². The zero-order valence-corrected chi connectivity index (χ0v) is 13.3. The summed E-state index contributed by atoms with van der Waals surface area (Å²) in [6, 6.07) is 11.9. The van der Waals surface area contributed by atoms with Crippen molar-refractivity contribution in [3.8, 4) is 5.75 Å². The van der Waals surface area contributed by atoms with E-state index in [1.165, 1.54) is 11.1 Å². The Labute approximate surface area is 131 Å². The van der Waals surface area contributed by atoms with Crippen LogP contribution in [-0.4, -0.2) is 15.9 Å². The molecule has 0 unspecified atom stereocenters. The van der Waals surface area contributed by atoms with Crippen molar-refractivity contribution in [1.29, 1.82) is 0 Å². The lowest BCUT2D eigenvalue weighted by Crippen LogP contribution is -2.25. The van der Waals surface area contributed by atoms with E-state index in [0.717, 1.165) is 11.1 Å². The molecule has 0 saturated carbocycles. The van der Waals surface area contributed by atoms with Gasteiger partial charge in [-0.1, -0.05) is 44.2 Å². The van der Waals surface area contributed by atoms with Gasteiger partial charge in [0.05, 0.1) is 5.56 Å². The summed E-state index contributed by atoms with van der Waals surface area (Å²) in [4.78, 5) is 14.6. The van der Waals surface area contributed by atoms with Gasteiger partial charge in [0.1, 0.15) is 5.75 Å². The zero-order chi connectivity index (χ0) is 15.9. The molecule has 0 spiro atoms. The molecule has 0 bridgehead atoms. The van der Waals surface area contributed by atoms with Crippen LogP contribution < -0.4 is 0 Å². The summed E-state index contributed by atoms with van der Waals surface area (Å²) < 4.78 is 0. The lowest BCUT2D eigenvalue weighted by Gasteiger charge is -2.18. The van der Waals surface area contributed by atoms with Crippen LogP contribution in [0.2, 0.25) is 0 Å². The minimum absolute atomic E-state index is 0.0979. The second-order valence-electron chi connectivity index (χ2n) is 6.32. The number of benzene rings is 2. The quantitative estimate of drug-likeness (QED) is 0.910. The third-order valence-electron chi connectivity index (χ3n) is 4.35. The highest BCUT2D eigenvalue weighted by molar-refractivity contribution is 5.97. The largest absolute Gasteiger partial charge is 0.507 e. The van der Waals surface area contributed by atoms with Crippen LogP contribution in [0.4, 0.5) is 0 Å². The Morgan fingerprint density at radius 1 is 1.14 bits per heavy atom. The van der Waals surface area contributed by atoms with E-state index >= 15 is 0 Å². The Morgan fingerprint density at radius 2 is 1.73 bits per heavy atom. The van der Waals surface area contributed by atoms with E-state index in [-0.39, 0.29) is 11.7 Å². The molecule has 0 aliphatic carbocycles. The fourth-order valence-corrected chi connectivity index (χ4v) is 2.95. The number of carbonyl (C=O) groups is 1. The molecular formula is C19H21NO2. The van der Waals surface area contributed by atoms with Crippen LogP contribution in [0.25, 0.3) is 0 Å². The normalized spacial score (nSPS) is 13.5. The van der Waals surface area contributed by atoms with Gasteiger partial charge in [0.25, 0.3) is 5.91 Å². The van der Waals surface area contributed by atoms with Crippen molar-refractivity contribution in [2.24, 2.45) is 0 Å². The highest BCUT2D eigenvalue weighted by Crippen LogP contribution is 2.31. The molecule has 0 aromatic heterocycles.